The maximum atomic E-state index is 4.77. The Bertz CT molecular complexity index is 373. The molecule has 1 unspecified atom stereocenters. The van der Waals surface area contributed by atoms with Crippen LogP contribution in [0.5, 0.6) is 0 Å². The van der Waals surface area contributed by atoms with Gasteiger partial charge in [0.25, 0.3) is 0 Å². The first-order valence-corrected chi connectivity index (χ1v) is 10.0. The standard InChI is InChI=1S/C18H34N2S/c1-5-7-9-10-12-14-16(13-11-8-6-2)17-15-18(21-4)20(3)19-17/h15-16H,5-14H2,1-4H3. The second kappa shape index (κ2) is 11.2. The fraction of sp³-hybridized carbons (Fsp3) is 0.833. The first-order chi connectivity index (χ1) is 10.2. The summed E-state index contributed by atoms with van der Waals surface area (Å²) >= 11 is 1.80. The van der Waals surface area contributed by atoms with E-state index in [4.69, 9.17) is 5.10 Å². The van der Waals surface area contributed by atoms with Gasteiger partial charge in [0.1, 0.15) is 0 Å². The first kappa shape index (κ1) is 18.6. The van der Waals surface area contributed by atoms with E-state index < -0.39 is 0 Å². The molecule has 0 aromatic carbocycles. The maximum absolute atomic E-state index is 4.77. The van der Waals surface area contributed by atoms with Crippen molar-refractivity contribution in [3.63, 3.8) is 0 Å². The van der Waals surface area contributed by atoms with Crippen LogP contribution in [0.1, 0.15) is 89.7 Å². The van der Waals surface area contributed by atoms with Crippen molar-refractivity contribution in [3.05, 3.63) is 11.8 Å². The summed E-state index contributed by atoms with van der Waals surface area (Å²) in [5, 5.41) is 6.06. The van der Waals surface area contributed by atoms with Crippen molar-refractivity contribution < 1.29 is 0 Å². The summed E-state index contributed by atoms with van der Waals surface area (Å²) in [5.41, 5.74) is 1.33. The van der Waals surface area contributed by atoms with E-state index in [0.29, 0.717) is 5.92 Å². The average molecular weight is 311 g/mol. The van der Waals surface area contributed by atoms with Crippen molar-refractivity contribution in [2.24, 2.45) is 7.05 Å². The lowest BCUT2D eigenvalue weighted by Crippen LogP contribution is -2.02. The predicted molar refractivity (Wildman–Crippen MR) is 95.2 cm³/mol. The molecule has 0 amide bonds. The molecule has 0 saturated carbocycles. The number of hydrogen-bond acceptors (Lipinski definition) is 2. The van der Waals surface area contributed by atoms with Gasteiger partial charge in [-0.05, 0) is 25.2 Å². The van der Waals surface area contributed by atoms with Gasteiger partial charge in [-0.2, -0.15) is 5.10 Å². The lowest BCUT2D eigenvalue weighted by Gasteiger charge is -2.14. The number of thioether (sulfide) groups is 1. The van der Waals surface area contributed by atoms with Crippen LogP contribution < -0.4 is 0 Å². The third-order valence-electron chi connectivity index (χ3n) is 4.30. The Morgan fingerprint density at radius 1 is 1.00 bits per heavy atom. The van der Waals surface area contributed by atoms with Gasteiger partial charge in [-0.15, -0.1) is 11.8 Å². The van der Waals surface area contributed by atoms with Gasteiger partial charge in [-0.3, -0.25) is 4.68 Å². The van der Waals surface area contributed by atoms with Gasteiger partial charge >= 0.3 is 0 Å². The molecule has 0 aliphatic rings. The van der Waals surface area contributed by atoms with Gasteiger partial charge in [0.2, 0.25) is 0 Å². The molecule has 3 heteroatoms. The Labute approximate surface area is 136 Å². The lowest BCUT2D eigenvalue weighted by atomic mass is 9.92. The minimum atomic E-state index is 0.672. The first-order valence-electron chi connectivity index (χ1n) is 8.80. The number of aryl methyl sites for hydroxylation is 1. The van der Waals surface area contributed by atoms with E-state index in [1.54, 1.807) is 11.8 Å². The fourth-order valence-electron chi connectivity index (χ4n) is 2.94. The molecule has 0 saturated heterocycles. The predicted octanol–water partition coefficient (Wildman–Crippen LogP) is 6.17. The third-order valence-corrected chi connectivity index (χ3v) is 5.10. The van der Waals surface area contributed by atoms with E-state index in [1.165, 1.54) is 74.9 Å². The Balaban J connectivity index is 2.53. The molecular formula is C18H34N2S. The summed E-state index contributed by atoms with van der Waals surface area (Å²) in [7, 11) is 2.07. The largest absolute Gasteiger partial charge is 0.262 e. The highest BCUT2D eigenvalue weighted by molar-refractivity contribution is 7.98. The molecule has 1 atom stereocenters. The van der Waals surface area contributed by atoms with Crippen molar-refractivity contribution in [1.29, 1.82) is 0 Å². The molecule has 122 valence electrons. The molecule has 1 rings (SSSR count). The van der Waals surface area contributed by atoms with E-state index in [9.17, 15) is 0 Å². The molecule has 0 aliphatic heterocycles. The summed E-state index contributed by atoms with van der Waals surface area (Å²) in [6.45, 7) is 4.57. The molecule has 0 bridgehead atoms. The summed E-state index contributed by atoms with van der Waals surface area (Å²) in [4.78, 5) is 0. The Morgan fingerprint density at radius 3 is 2.14 bits per heavy atom. The second-order valence-electron chi connectivity index (χ2n) is 6.13. The molecule has 0 N–H and O–H groups in total. The molecule has 21 heavy (non-hydrogen) atoms. The smallest absolute Gasteiger partial charge is 0.0936 e. The normalized spacial score (nSPS) is 12.8. The van der Waals surface area contributed by atoms with E-state index in [0.717, 1.165) is 0 Å². The summed E-state index contributed by atoms with van der Waals surface area (Å²) in [5.74, 6) is 0.672. The van der Waals surface area contributed by atoms with Gasteiger partial charge in [0, 0.05) is 13.0 Å². The molecule has 1 heterocycles. The van der Waals surface area contributed by atoms with Gasteiger partial charge in [0.15, 0.2) is 0 Å². The highest BCUT2D eigenvalue weighted by Gasteiger charge is 2.16. The van der Waals surface area contributed by atoms with Crippen LogP contribution in [0.15, 0.2) is 11.1 Å². The average Bonchev–Trinajstić information content (AvgIpc) is 2.86. The van der Waals surface area contributed by atoms with Crippen LogP contribution in [0.2, 0.25) is 0 Å². The summed E-state index contributed by atoms with van der Waals surface area (Å²) in [6.07, 6.45) is 15.6. The molecule has 0 aliphatic carbocycles. The van der Waals surface area contributed by atoms with Crippen molar-refractivity contribution in [2.45, 2.75) is 89.0 Å². The molecular weight excluding hydrogens is 276 g/mol. The molecule has 1 aromatic heterocycles. The highest BCUT2D eigenvalue weighted by atomic mass is 32.2. The zero-order valence-corrected chi connectivity index (χ0v) is 15.3. The number of unbranched alkanes of at least 4 members (excludes halogenated alkanes) is 6. The van der Waals surface area contributed by atoms with Crippen LogP contribution in [-0.4, -0.2) is 16.0 Å². The fourth-order valence-corrected chi connectivity index (χ4v) is 3.48. The number of rotatable bonds is 12. The topological polar surface area (TPSA) is 17.8 Å². The van der Waals surface area contributed by atoms with Crippen LogP contribution in [0.4, 0.5) is 0 Å². The number of hydrogen-bond donors (Lipinski definition) is 0. The van der Waals surface area contributed by atoms with Gasteiger partial charge < -0.3 is 0 Å². The van der Waals surface area contributed by atoms with Gasteiger partial charge in [0.05, 0.1) is 10.7 Å². The Kier molecular flexibility index (Phi) is 9.90. The van der Waals surface area contributed by atoms with Crippen molar-refractivity contribution >= 4 is 11.8 Å². The van der Waals surface area contributed by atoms with Crippen LogP contribution in [0.3, 0.4) is 0 Å². The lowest BCUT2D eigenvalue weighted by molar-refractivity contribution is 0.485. The van der Waals surface area contributed by atoms with Crippen molar-refractivity contribution in [3.8, 4) is 0 Å². The molecule has 0 fully saturated rings. The molecule has 1 aromatic rings. The van der Waals surface area contributed by atoms with Gasteiger partial charge in [-0.1, -0.05) is 65.2 Å². The maximum Gasteiger partial charge on any atom is 0.0936 e. The zero-order chi connectivity index (χ0) is 15.5. The van der Waals surface area contributed by atoms with E-state index in [1.807, 2.05) is 4.68 Å². The van der Waals surface area contributed by atoms with Crippen LogP contribution in [0.25, 0.3) is 0 Å². The second-order valence-corrected chi connectivity index (χ2v) is 6.96. The summed E-state index contributed by atoms with van der Waals surface area (Å²) in [6, 6.07) is 2.31. The third kappa shape index (κ3) is 6.90. The van der Waals surface area contributed by atoms with E-state index in [-0.39, 0.29) is 0 Å². The SMILES string of the molecule is CCCCCCCC(CCCCC)c1cc(SC)n(C)n1. The minimum absolute atomic E-state index is 0.672. The minimum Gasteiger partial charge on any atom is -0.262 e. The molecule has 0 spiro atoms. The Morgan fingerprint density at radius 2 is 1.57 bits per heavy atom. The van der Waals surface area contributed by atoms with Crippen molar-refractivity contribution in [1.82, 2.24) is 9.78 Å². The van der Waals surface area contributed by atoms with Crippen LogP contribution in [-0.2, 0) is 7.05 Å². The van der Waals surface area contributed by atoms with Crippen LogP contribution in [0, 0.1) is 0 Å². The van der Waals surface area contributed by atoms with Crippen molar-refractivity contribution in [2.75, 3.05) is 6.26 Å². The molecule has 2 nitrogen and oxygen atoms in total. The van der Waals surface area contributed by atoms with E-state index >= 15 is 0 Å². The zero-order valence-electron chi connectivity index (χ0n) is 14.5. The quantitative estimate of drug-likeness (QED) is 0.339. The monoisotopic (exact) mass is 310 g/mol. The van der Waals surface area contributed by atoms with Gasteiger partial charge in [-0.25, -0.2) is 0 Å². The summed E-state index contributed by atoms with van der Waals surface area (Å²) < 4.78 is 2.05. The highest BCUT2D eigenvalue weighted by Crippen LogP contribution is 2.29. The molecule has 0 radical (unpaired) electrons. The number of aromatic nitrogens is 2. The number of nitrogens with zero attached hydrogens (tertiary/aromatic N) is 2. The van der Waals surface area contributed by atoms with Crippen LogP contribution >= 0.6 is 11.8 Å². The van der Waals surface area contributed by atoms with E-state index in [2.05, 4.69) is 33.2 Å². The Hall–Kier alpha value is -0.440.